The van der Waals surface area contributed by atoms with Crippen molar-refractivity contribution in [2.75, 3.05) is 37.7 Å². The van der Waals surface area contributed by atoms with Crippen LogP contribution in [0.1, 0.15) is 37.5 Å². The second kappa shape index (κ2) is 10.7. The highest BCUT2D eigenvalue weighted by Gasteiger charge is 2.22. The molecule has 0 aliphatic heterocycles. The molecular formula is C25H33N3O2S. The van der Waals surface area contributed by atoms with Crippen LogP contribution in [0, 0.1) is 13.8 Å². The predicted octanol–water partition coefficient (Wildman–Crippen LogP) is 5.23. The van der Waals surface area contributed by atoms with Gasteiger partial charge in [0.15, 0.2) is 5.13 Å². The zero-order valence-electron chi connectivity index (χ0n) is 19.3. The smallest absolute Gasteiger partial charge is 0.233 e. The van der Waals surface area contributed by atoms with E-state index in [0.717, 1.165) is 51.9 Å². The van der Waals surface area contributed by atoms with E-state index >= 15 is 0 Å². The van der Waals surface area contributed by atoms with Gasteiger partial charge < -0.3 is 9.64 Å². The third-order valence-corrected chi connectivity index (χ3v) is 6.63. The Morgan fingerprint density at radius 1 is 1.06 bits per heavy atom. The van der Waals surface area contributed by atoms with Crippen molar-refractivity contribution in [3.05, 3.63) is 53.1 Å². The van der Waals surface area contributed by atoms with E-state index in [1.807, 2.05) is 30.0 Å². The fourth-order valence-corrected chi connectivity index (χ4v) is 4.68. The first-order chi connectivity index (χ1) is 15.0. The Balaban J connectivity index is 1.94. The van der Waals surface area contributed by atoms with Crippen LogP contribution in [0.25, 0.3) is 10.2 Å². The summed E-state index contributed by atoms with van der Waals surface area (Å²) in [7, 11) is 0. The summed E-state index contributed by atoms with van der Waals surface area (Å²) in [6.45, 7) is 14.3. The van der Waals surface area contributed by atoms with E-state index in [2.05, 4.69) is 50.8 Å². The van der Waals surface area contributed by atoms with Crippen molar-refractivity contribution in [3.63, 3.8) is 0 Å². The lowest BCUT2D eigenvalue weighted by molar-refractivity contribution is -0.118. The molecule has 0 radical (unpaired) electrons. The maximum Gasteiger partial charge on any atom is 0.233 e. The van der Waals surface area contributed by atoms with Crippen LogP contribution in [0.15, 0.2) is 36.4 Å². The number of rotatable bonds is 10. The zero-order chi connectivity index (χ0) is 22.4. The lowest BCUT2D eigenvalue weighted by atomic mass is 10.0. The van der Waals surface area contributed by atoms with Gasteiger partial charge in [0.2, 0.25) is 5.91 Å². The Bertz CT molecular complexity index is 1030. The van der Waals surface area contributed by atoms with Gasteiger partial charge in [0.05, 0.1) is 17.7 Å². The first-order valence-corrected chi connectivity index (χ1v) is 11.9. The molecule has 5 nitrogen and oxygen atoms in total. The van der Waals surface area contributed by atoms with Gasteiger partial charge in [-0.1, -0.05) is 55.0 Å². The molecule has 0 saturated heterocycles. The van der Waals surface area contributed by atoms with Gasteiger partial charge in [-0.15, -0.1) is 0 Å². The highest BCUT2D eigenvalue weighted by molar-refractivity contribution is 7.22. The molecule has 3 aromatic rings. The number of aromatic nitrogens is 1. The van der Waals surface area contributed by atoms with Gasteiger partial charge in [-0.2, -0.15) is 0 Å². The maximum absolute atomic E-state index is 13.5. The summed E-state index contributed by atoms with van der Waals surface area (Å²) < 4.78 is 6.80. The first kappa shape index (κ1) is 23.2. The summed E-state index contributed by atoms with van der Waals surface area (Å²) in [5.41, 5.74) is 4.22. The van der Waals surface area contributed by atoms with Gasteiger partial charge in [-0.25, -0.2) is 4.98 Å². The standard InChI is InChI=1S/C25H33N3O2S/c1-6-27(7-2)14-15-28(23(29)17-20-16-18(4)12-13-19(20)5)25-26-24-21(30-8-3)10-9-11-22(24)31-25/h9-13,16H,6-8,14-15,17H2,1-5H3. The first-order valence-electron chi connectivity index (χ1n) is 11.1. The fourth-order valence-electron chi connectivity index (χ4n) is 3.66. The van der Waals surface area contributed by atoms with Gasteiger partial charge in [0.1, 0.15) is 11.3 Å². The minimum Gasteiger partial charge on any atom is -0.492 e. The van der Waals surface area contributed by atoms with E-state index in [1.165, 1.54) is 5.56 Å². The molecule has 0 bridgehead atoms. The summed E-state index contributed by atoms with van der Waals surface area (Å²) in [6.07, 6.45) is 0.375. The lowest BCUT2D eigenvalue weighted by Crippen LogP contribution is -2.39. The number of nitrogens with zero attached hydrogens (tertiary/aromatic N) is 3. The van der Waals surface area contributed by atoms with Crippen LogP contribution in [0.2, 0.25) is 0 Å². The molecule has 166 valence electrons. The van der Waals surface area contributed by atoms with Gasteiger partial charge in [0.25, 0.3) is 0 Å². The number of hydrogen-bond donors (Lipinski definition) is 0. The number of amides is 1. The predicted molar refractivity (Wildman–Crippen MR) is 131 cm³/mol. The monoisotopic (exact) mass is 439 g/mol. The van der Waals surface area contributed by atoms with Gasteiger partial charge >= 0.3 is 0 Å². The third kappa shape index (κ3) is 5.63. The molecular weight excluding hydrogens is 406 g/mol. The van der Waals surface area contributed by atoms with Gasteiger partial charge in [0, 0.05) is 13.1 Å². The molecule has 0 aliphatic rings. The quantitative estimate of drug-likeness (QED) is 0.434. The van der Waals surface area contributed by atoms with Gasteiger partial charge in [-0.3, -0.25) is 9.69 Å². The van der Waals surface area contributed by atoms with Crippen LogP contribution in [-0.2, 0) is 11.2 Å². The number of para-hydroxylation sites is 1. The molecule has 31 heavy (non-hydrogen) atoms. The number of hydrogen-bond acceptors (Lipinski definition) is 5. The minimum absolute atomic E-state index is 0.0814. The van der Waals surface area contributed by atoms with Crippen LogP contribution < -0.4 is 9.64 Å². The molecule has 1 aromatic heterocycles. The van der Waals surface area contributed by atoms with Crippen LogP contribution in [0.4, 0.5) is 5.13 Å². The number of aryl methyl sites for hydroxylation is 2. The molecule has 0 unspecified atom stereocenters. The molecule has 0 atom stereocenters. The van der Waals surface area contributed by atoms with E-state index < -0.39 is 0 Å². The average molecular weight is 440 g/mol. The number of ether oxygens (including phenoxy) is 1. The minimum atomic E-state index is 0.0814. The number of fused-ring (bicyclic) bond motifs is 1. The van der Waals surface area contributed by atoms with Crippen molar-refractivity contribution in [3.8, 4) is 5.75 Å². The summed E-state index contributed by atoms with van der Waals surface area (Å²) in [5.74, 6) is 0.853. The lowest BCUT2D eigenvalue weighted by Gasteiger charge is -2.25. The molecule has 0 saturated carbocycles. The molecule has 1 amide bonds. The number of benzene rings is 2. The van der Waals surface area contributed by atoms with E-state index in [9.17, 15) is 4.79 Å². The molecule has 3 rings (SSSR count). The molecule has 0 spiro atoms. The molecule has 0 N–H and O–H groups in total. The molecule has 0 fully saturated rings. The zero-order valence-corrected chi connectivity index (χ0v) is 20.1. The van der Waals surface area contributed by atoms with Crippen LogP contribution in [0.5, 0.6) is 5.75 Å². The fraction of sp³-hybridized carbons (Fsp3) is 0.440. The second-order valence-corrected chi connectivity index (χ2v) is 8.72. The van der Waals surface area contributed by atoms with Crippen molar-refractivity contribution in [2.45, 2.75) is 41.0 Å². The number of anilines is 1. The van der Waals surface area contributed by atoms with Gasteiger partial charge in [-0.05, 0) is 57.1 Å². The number of carbonyl (C=O) groups excluding carboxylic acids is 1. The van der Waals surface area contributed by atoms with E-state index in [0.29, 0.717) is 19.6 Å². The molecule has 2 aromatic carbocycles. The van der Waals surface area contributed by atoms with Crippen molar-refractivity contribution >= 4 is 32.6 Å². The largest absolute Gasteiger partial charge is 0.492 e. The summed E-state index contributed by atoms with van der Waals surface area (Å²) in [4.78, 5) is 22.5. The third-order valence-electron chi connectivity index (χ3n) is 5.58. The SMILES string of the molecule is CCOc1cccc2sc(N(CCN(CC)CC)C(=O)Cc3cc(C)ccc3C)nc12. The Kier molecular flexibility index (Phi) is 8.04. The van der Waals surface area contributed by atoms with E-state index in [-0.39, 0.29) is 5.91 Å². The van der Waals surface area contributed by atoms with Crippen molar-refractivity contribution in [2.24, 2.45) is 0 Å². The highest BCUT2D eigenvalue weighted by Crippen LogP contribution is 2.34. The van der Waals surface area contributed by atoms with Crippen molar-refractivity contribution in [1.82, 2.24) is 9.88 Å². The van der Waals surface area contributed by atoms with E-state index in [1.54, 1.807) is 11.3 Å². The van der Waals surface area contributed by atoms with Crippen LogP contribution >= 0.6 is 11.3 Å². The molecule has 1 heterocycles. The summed E-state index contributed by atoms with van der Waals surface area (Å²) in [5, 5.41) is 0.740. The molecule has 6 heteroatoms. The summed E-state index contributed by atoms with van der Waals surface area (Å²) in [6, 6.07) is 12.2. The summed E-state index contributed by atoms with van der Waals surface area (Å²) >= 11 is 1.55. The van der Waals surface area contributed by atoms with Crippen molar-refractivity contribution < 1.29 is 9.53 Å². The normalized spacial score (nSPS) is 11.3. The number of thiazole rings is 1. The average Bonchev–Trinajstić information content (AvgIpc) is 3.19. The second-order valence-electron chi connectivity index (χ2n) is 7.71. The number of likely N-dealkylation sites (N-methyl/N-ethyl adjacent to an activating group) is 1. The Hall–Kier alpha value is -2.44. The maximum atomic E-state index is 13.5. The highest BCUT2D eigenvalue weighted by atomic mass is 32.1. The van der Waals surface area contributed by atoms with E-state index in [4.69, 9.17) is 9.72 Å². The van der Waals surface area contributed by atoms with Crippen LogP contribution in [-0.4, -0.2) is 48.6 Å². The topological polar surface area (TPSA) is 45.7 Å². The Labute approximate surface area is 189 Å². The number of carbonyl (C=O) groups is 1. The Morgan fingerprint density at radius 3 is 2.55 bits per heavy atom. The van der Waals surface area contributed by atoms with Crippen molar-refractivity contribution in [1.29, 1.82) is 0 Å². The molecule has 0 aliphatic carbocycles. The van der Waals surface area contributed by atoms with Crippen LogP contribution in [0.3, 0.4) is 0 Å². The Morgan fingerprint density at radius 2 is 1.84 bits per heavy atom.